The van der Waals surface area contributed by atoms with E-state index in [1.165, 1.54) is 6.21 Å². The van der Waals surface area contributed by atoms with Crippen LogP contribution in [-0.2, 0) is 6.61 Å². The number of rotatable bonds is 7. The predicted octanol–water partition coefficient (Wildman–Crippen LogP) is 6.80. The smallest absolute Gasteiger partial charge is 0.307 e. The maximum Gasteiger partial charge on any atom is 0.307 e. The van der Waals surface area contributed by atoms with Gasteiger partial charge in [0.1, 0.15) is 12.2 Å². The minimum absolute atomic E-state index is 0.177. The number of hydrogen-bond acceptors (Lipinski definition) is 5. The number of hydrazone groups is 1. The summed E-state index contributed by atoms with van der Waals surface area (Å²) in [5.41, 5.74) is 4.72. The van der Waals surface area contributed by atoms with Gasteiger partial charge in [0.2, 0.25) is 0 Å². The van der Waals surface area contributed by atoms with Gasteiger partial charge in [0.05, 0.1) is 16.9 Å². The average molecular weight is 640 g/mol. The van der Waals surface area contributed by atoms with Crippen molar-refractivity contribution in [2.24, 2.45) is 5.10 Å². The number of nitrogens with zero attached hydrogens (tertiary/aromatic N) is 1. The molecule has 1 amide bonds. The molecule has 0 unspecified atom stereocenters. The minimum Gasteiger partial charge on any atom is -0.493 e. The number of furan rings is 1. The first-order valence-electron chi connectivity index (χ1n) is 9.71. The van der Waals surface area contributed by atoms with E-state index in [9.17, 15) is 4.79 Å². The fraction of sp³-hybridized carbons (Fsp3) is 0.0833. The number of nitrogens with one attached hydrogen (secondary N) is 1. The topological polar surface area (TPSA) is 73.1 Å². The molecular weight excluding hydrogens is 623 g/mol. The van der Waals surface area contributed by atoms with E-state index >= 15 is 0 Å². The summed E-state index contributed by atoms with van der Waals surface area (Å²) in [5, 5.41) is 5.51. The van der Waals surface area contributed by atoms with Gasteiger partial charge in [-0.25, -0.2) is 5.43 Å². The third-order valence-electron chi connectivity index (χ3n) is 4.66. The second-order valence-corrected chi connectivity index (χ2v) is 9.39. The van der Waals surface area contributed by atoms with Gasteiger partial charge in [0.15, 0.2) is 17.3 Å². The van der Waals surface area contributed by atoms with E-state index in [0.29, 0.717) is 28.7 Å². The fourth-order valence-corrected chi connectivity index (χ4v) is 4.42. The third-order valence-corrected chi connectivity index (χ3v) is 6.33. The largest absolute Gasteiger partial charge is 0.493 e. The highest BCUT2D eigenvalue weighted by atomic mass is 127. The summed E-state index contributed by atoms with van der Waals surface area (Å²) in [6.07, 6.45) is 1.53. The molecule has 9 heteroatoms. The van der Waals surface area contributed by atoms with E-state index in [1.54, 1.807) is 25.3 Å². The number of amides is 1. The second-order valence-electron chi connectivity index (χ2n) is 6.91. The van der Waals surface area contributed by atoms with Crippen molar-refractivity contribution in [3.8, 4) is 11.5 Å². The van der Waals surface area contributed by atoms with Crippen molar-refractivity contribution < 1.29 is 18.7 Å². The van der Waals surface area contributed by atoms with Gasteiger partial charge >= 0.3 is 5.91 Å². The lowest BCUT2D eigenvalue weighted by Crippen LogP contribution is -2.16. The van der Waals surface area contributed by atoms with Gasteiger partial charge in [-0.2, -0.15) is 5.10 Å². The SMILES string of the molecule is COc1cc(/C=N/NC(=O)c2cc3cc(Br)ccc3o2)cc(I)c1OCc1ccccc1Cl. The number of ether oxygens (including phenoxy) is 2. The van der Waals surface area contributed by atoms with Crippen LogP contribution in [0.25, 0.3) is 11.0 Å². The first-order chi connectivity index (χ1) is 15.9. The van der Waals surface area contributed by atoms with Crippen molar-refractivity contribution in [3.63, 3.8) is 0 Å². The zero-order valence-electron chi connectivity index (χ0n) is 17.3. The lowest BCUT2D eigenvalue weighted by atomic mass is 10.2. The predicted molar refractivity (Wildman–Crippen MR) is 140 cm³/mol. The summed E-state index contributed by atoms with van der Waals surface area (Å²) < 4.78 is 18.8. The molecule has 0 aliphatic heterocycles. The lowest BCUT2D eigenvalue weighted by molar-refractivity contribution is 0.0929. The van der Waals surface area contributed by atoms with E-state index in [2.05, 4.69) is 49.0 Å². The molecule has 1 N–H and O–H groups in total. The fourth-order valence-electron chi connectivity index (χ4n) is 3.07. The van der Waals surface area contributed by atoms with Crippen molar-refractivity contribution >= 4 is 73.2 Å². The number of methoxy groups -OCH3 is 1. The zero-order valence-corrected chi connectivity index (χ0v) is 21.8. The van der Waals surface area contributed by atoms with E-state index in [4.69, 9.17) is 25.5 Å². The number of halogens is 3. The lowest BCUT2D eigenvalue weighted by Gasteiger charge is -2.14. The molecule has 0 bridgehead atoms. The van der Waals surface area contributed by atoms with E-state index < -0.39 is 5.91 Å². The molecule has 0 radical (unpaired) electrons. The summed E-state index contributed by atoms with van der Waals surface area (Å²) >= 11 is 11.8. The molecule has 0 spiro atoms. The molecule has 1 heterocycles. The molecule has 4 rings (SSSR count). The number of benzene rings is 3. The van der Waals surface area contributed by atoms with Crippen LogP contribution in [0.2, 0.25) is 5.02 Å². The highest BCUT2D eigenvalue weighted by Gasteiger charge is 2.14. The van der Waals surface area contributed by atoms with Crippen LogP contribution in [0.15, 0.2) is 74.7 Å². The van der Waals surface area contributed by atoms with Crippen molar-refractivity contribution in [1.82, 2.24) is 5.43 Å². The van der Waals surface area contributed by atoms with Gasteiger partial charge in [0.25, 0.3) is 0 Å². The Bertz CT molecular complexity index is 1360. The zero-order chi connectivity index (χ0) is 23.4. The van der Waals surface area contributed by atoms with E-state index in [1.807, 2.05) is 42.5 Å². The van der Waals surface area contributed by atoms with Crippen molar-refractivity contribution in [1.29, 1.82) is 0 Å². The Morgan fingerprint density at radius 2 is 2.03 bits per heavy atom. The Morgan fingerprint density at radius 1 is 1.21 bits per heavy atom. The Balaban J connectivity index is 1.45. The standard InChI is InChI=1S/C24H17BrClIN2O4/c1-31-21-9-14(8-19(27)23(21)32-13-15-4-2-3-5-18(15)26)12-28-29-24(30)22-11-16-10-17(25)6-7-20(16)33-22/h2-12H,13H2,1H3,(H,29,30)/b28-12+. The quantitative estimate of drug-likeness (QED) is 0.137. The Labute approximate surface area is 217 Å². The molecule has 168 valence electrons. The average Bonchev–Trinajstić information content (AvgIpc) is 3.22. The molecule has 33 heavy (non-hydrogen) atoms. The molecule has 0 aliphatic rings. The molecule has 0 atom stereocenters. The van der Waals surface area contributed by atoms with Gasteiger partial charge in [-0.05, 0) is 70.6 Å². The van der Waals surface area contributed by atoms with Gasteiger partial charge < -0.3 is 13.9 Å². The number of carbonyl (C=O) groups excluding carboxylic acids is 1. The molecule has 3 aromatic carbocycles. The van der Waals surface area contributed by atoms with Crippen LogP contribution in [0.4, 0.5) is 0 Å². The molecule has 6 nitrogen and oxygen atoms in total. The second kappa shape index (κ2) is 10.6. The first-order valence-corrected chi connectivity index (χ1v) is 12.0. The maximum atomic E-state index is 12.4. The van der Waals surface area contributed by atoms with Gasteiger partial charge in [0, 0.05) is 20.4 Å². The number of carbonyl (C=O) groups is 1. The first kappa shape index (κ1) is 23.6. The van der Waals surface area contributed by atoms with Crippen LogP contribution in [-0.4, -0.2) is 19.2 Å². The van der Waals surface area contributed by atoms with Crippen LogP contribution >= 0.6 is 50.1 Å². The number of hydrogen-bond donors (Lipinski definition) is 1. The number of fused-ring (bicyclic) bond motifs is 1. The van der Waals surface area contributed by atoms with Crippen LogP contribution in [0, 0.1) is 3.57 Å². The van der Waals surface area contributed by atoms with Crippen LogP contribution in [0.3, 0.4) is 0 Å². The van der Waals surface area contributed by atoms with Crippen LogP contribution < -0.4 is 14.9 Å². The normalized spacial score (nSPS) is 11.2. The summed E-state index contributed by atoms with van der Waals surface area (Å²) in [5.74, 6) is 0.882. The van der Waals surface area contributed by atoms with E-state index in [-0.39, 0.29) is 5.76 Å². The highest BCUT2D eigenvalue weighted by Crippen LogP contribution is 2.34. The van der Waals surface area contributed by atoms with Crippen molar-refractivity contribution in [2.75, 3.05) is 7.11 Å². The Hall–Kier alpha value is -2.56. The maximum absolute atomic E-state index is 12.4. The molecule has 0 fully saturated rings. The van der Waals surface area contributed by atoms with Crippen LogP contribution in [0.5, 0.6) is 11.5 Å². The van der Waals surface area contributed by atoms with Gasteiger partial charge in [-0.3, -0.25) is 4.79 Å². The summed E-state index contributed by atoms with van der Waals surface area (Å²) in [6, 6.07) is 18.3. The molecule has 4 aromatic rings. The van der Waals surface area contributed by atoms with E-state index in [0.717, 1.165) is 24.6 Å². The molecule has 0 aliphatic carbocycles. The Kier molecular flexibility index (Phi) is 7.56. The van der Waals surface area contributed by atoms with Gasteiger partial charge in [-0.15, -0.1) is 0 Å². The van der Waals surface area contributed by atoms with Crippen molar-refractivity contribution in [3.05, 3.63) is 90.6 Å². The summed E-state index contributed by atoms with van der Waals surface area (Å²) in [4.78, 5) is 12.4. The summed E-state index contributed by atoms with van der Waals surface area (Å²) in [6.45, 7) is 0.309. The van der Waals surface area contributed by atoms with Crippen LogP contribution in [0.1, 0.15) is 21.7 Å². The molecule has 1 aromatic heterocycles. The third kappa shape index (κ3) is 5.69. The minimum atomic E-state index is -0.445. The van der Waals surface area contributed by atoms with Crippen molar-refractivity contribution in [2.45, 2.75) is 6.61 Å². The Morgan fingerprint density at radius 3 is 2.82 bits per heavy atom. The molecule has 0 saturated heterocycles. The molecular formula is C24H17BrClIN2O4. The van der Waals surface area contributed by atoms with Gasteiger partial charge in [-0.1, -0.05) is 45.7 Å². The monoisotopic (exact) mass is 638 g/mol. The molecule has 0 saturated carbocycles. The highest BCUT2D eigenvalue weighted by molar-refractivity contribution is 14.1. The summed E-state index contributed by atoms with van der Waals surface area (Å²) in [7, 11) is 1.57.